The van der Waals surface area contributed by atoms with Crippen LogP contribution in [0, 0.1) is 0 Å². The summed E-state index contributed by atoms with van der Waals surface area (Å²) in [6.45, 7) is 7.66. The van der Waals surface area contributed by atoms with Crippen LogP contribution in [-0.4, -0.2) is 9.13 Å². The molecule has 0 saturated heterocycles. The summed E-state index contributed by atoms with van der Waals surface area (Å²) in [5.41, 5.74) is 4.44. The third kappa shape index (κ3) is 3.35. The fourth-order valence-electron chi connectivity index (χ4n) is 3.12. The monoisotopic (exact) mass is 352 g/mol. The minimum absolute atomic E-state index is 0.803. The maximum atomic E-state index is 5.98. The van der Waals surface area contributed by atoms with Gasteiger partial charge < -0.3 is 13.9 Å². The Morgan fingerprint density at radius 1 is 0.593 bits per heavy atom. The molecule has 2 aromatic heterocycles. The molecule has 0 saturated carbocycles. The Kier molecular flexibility index (Phi) is 4.50. The molecule has 27 heavy (non-hydrogen) atoms. The van der Waals surface area contributed by atoms with E-state index in [-0.39, 0.29) is 0 Å². The van der Waals surface area contributed by atoms with E-state index in [1.54, 1.807) is 12.4 Å². The number of aromatic nitrogens is 2. The minimum atomic E-state index is 0.803. The predicted octanol–water partition coefficient (Wildman–Crippen LogP) is 6.62. The number of nitrogens with zero attached hydrogens (tertiary/aromatic N) is 2. The summed E-state index contributed by atoms with van der Waals surface area (Å²) in [7, 11) is 0. The van der Waals surface area contributed by atoms with Crippen molar-refractivity contribution in [3.63, 3.8) is 0 Å². The van der Waals surface area contributed by atoms with Gasteiger partial charge in [0.1, 0.15) is 11.5 Å². The van der Waals surface area contributed by atoms with E-state index in [1.165, 1.54) is 0 Å². The molecule has 0 bridgehead atoms. The molecule has 132 valence electrons. The zero-order chi connectivity index (χ0) is 18.6. The van der Waals surface area contributed by atoms with Crippen LogP contribution >= 0.6 is 0 Å². The molecule has 0 atom stereocenters. The minimum Gasteiger partial charge on any atom is -0.457 e. The van der Waals surface area contributed by atoms with Gasteiger partial charge in [-0.2, -0.15) is 0 Å². The standard InChI is InChI=1S/C24H20N2O/c1-3-25-17-5-7-23(25)19-9-13-21(14-10-19)27-22-15-11-20(12-16-22)24-8-6-18-26(24)4-2/h3-18H,1-2H2. The number of hydrogen-bond acceptors (Lipinski definition) is 1. The van der Waals surface area contributed by atoms with Crippen molar-refractivity contribution in [1.82, 2.24) is 9.13 Å². The fraction of sp³-hybridized carbons (Fsp3) is 0. The van der Waals surface area contributed by atoms with Crippen molar-refractivity contribution in [2.75, 3.05) is 0 Å². The van der Waals surface area contributed by atoms with Gasteiger partial charge in [0.2, 0.25) is 0 Å². The first-order valence-corrected chi connectivity index (χ1v) is 8.76. The highest BCUT2D eigenvalue weighted by atomic mass is 16.5. The molecule has 0 radical (unpaired) electrons. The maximum Gasteiger partial charge on any atom is 0.127 e. The van der Waals surface area contributed by atoms with E-state index in [4.69, 9.17) is 4.74 Å². The molecular formula is C24H20N2O. The Morgan fingerprint density at radius 2 is 1.00 bits per heavy atom. The number of rotatable bonds is 6. The first kappa shape index (κ1) is 16.7. The molecule has 0 aliphatic heterocycles. The third-order valence-corrected chi connectivity index (χ3v) is 4.49. The van der Waals surface area contributed by atoms with E-state index in [2.05, 4.69) is 49.6 Å². The molecule has 0 aliphatic rings. The second-order valence-corrected chi connectivity index (χ2v) is 6.12. The maximum absolute atomic E-state index is 5.98. The highest BCUT2D eigenvalue weighted by Gasteiger charge is 2.05. The van der Waals surface area contributed by atoms with Crippen molar-refractivity contribution in [1.29, 1.82) is 0 Å². The lowest BCUT2D eigenvalue weighted by molar-refractivity contribution is 0.483. The van der Waals surface area contributed by atoms with Crippen LogP contribution < -0.4 is 4.74 Å². The fourth-order valence-corrected chi connectivity index (χ4v) is 3.12. The van der Waals surface area contributed by atoms with Gasteiger partial charge in [0.05, 0.1) is 11.4 Å². The lowest BCUT2D eigenvalue weighted by atomic mass is 10.1. The smallest absolute Gasteiger partial charge is 0.127 e. The number of ether oxygens (including phenoxy) is 1. The van der Waals surface area contributed by atoms with Gasteiger partial charge >= 0.3 is 0 Å². The van der Waals surface area contributed by atoms with Crippen LogP contribution in [-0.2, 0) is 0 Å². The highest BCUT2D eigenvalue weighted by molar-refractivity contribution is 5.65. The Hall–Kier alpha value is -3.72. The van der Waals surface area contributed by atoms with Crippen molar-refractivity contribution in [3.8, 4) is 34.0 Å². The average molecular weight is 352 g/mol. The Morgan fingerprint density at radius 3 is 1.37 bits per heavy atom. The quantitative estimate of drug-likeness (QED) is 0.382. The second-order valence-electron chi connectivity index (χ2n) is 6.12. The lowest BCUT2D eigenvalue weighted by Crippen LogP contribution is -1.89. The van der Waals surface area contributed by atoms with Crippen LogP contribution in [0.5, 0.6) is 11.5 Å². The molecule has 3 nitrogen and oxygen atoms in total. The molecule has 0 N–H and O–H groups in total. The zero-order valence-electron chi connectivity index (χ0n) is 15.0. The summed E-state index contributed by atoms with van der Waals surface area (Å²) >= 11 is 0. The number of benzene rings is 2. The largest absolute Gasteiger partial charge is 0.457 e. The van der Waals surface area contributed by atoms with Gasteiger partial charge in [-0.15, -0.1) is 0 Å². The first-order valence-electron chi connectivity index (χ1n) is 8.76. The van der Waals surface area contributed by atoms with Gasteiger partial charge in [0, 0.05) is 24.8 Å². The molecule has 4 rings (SSSR count). The molecule has 2 heterocycles. The van der Waals surface area contributed by atoms with Gasteiger partial charge in [-0.1, -0.05) is 13.2 Å². The van der Waals surface area contributed by atoms with Gasteiger partial charge in [-0.3, -0.25) is 0 Å². The van der Waals surface area contributed by atoms with Crippen LogP contribution in [0.3, 0.4) is 0 Å². The Labute approximate surface area is 159 Å². The molecule has 4 aromatic rings. The van der Waals surface area contributed by atoms with E-state index in [0.717, 1.165) is 34.0 Å². The summed E-state index contributed by atoms with van der Waals surface area (Å²) in [6.07, 6.45) is 7.56. The van der Waals surface area contributed by atoms with Crippen LogP contribution in [0.1, 0.15) is 0 Å². The summed E-state index contributed by atoms with van der Waals surface area (Å²) in [5.74, 6) is 1.61. The van der Waals surface area contributed by atoms with Gasteiger partial charge in [0.25, 0.3) is 0 Å². The normalized spacial score (nSPS) is 10.5. The first-order chi connectivity index (χ1) is 13.3. The van der Waals surface area contributed by atoms with Crippen LogP contribution in [0.2, 0.25) is 0 Å². The number of hydrogen-bond donors (Lipinski definition) is 0. The van der Waals surface area contributed by atoms with Gasteiger partial charge in [-0.05, 0) is 83.9 Å². The second kappa shape index (κ2) is 7.26. The molecule has 0 fully saturated rings. The lowest BCUT2D eigenvalue weighted by Gasteiger charge is -2.09. The van der Waals surface area contributed by atoms with E-state index in [0.29, 0.717) is 0 Å². The summed E-state index contributed by atoms with van der Waals surface area (Å²) < 4.78 is 9.97. The summed E-state index contributed by atoms with van der Waals surface area (Å²) in [4.78, 5) is 0. The van der Waals surface area contributed by atoms with Crippen molar-refractivity contribution < 1.29 is 4.74 Å². The molecule has 2 aromatic carbocycles. The van der Waals surface area contributed by atoms with E-state index in [9.17, 15) is 0 Å². The van der Waals surface area contributed by atoms with E-state index < -0.39 is 0 Å². The van der Waals surface area contributed by atoms with Crippen LogP contribution in [0.15, 0.2) is 98.3 Å². The molecule has 0 unspecified atom stereocenters. The highest BCUT2D eigenvalue weighted by Crippen LogP contribution is 2.28. The van der Waals surface area contributed by atoms with Crippen molar-refractivity contribution in [2.24, 2.45) is 0 Å². The topological polar surface area (TPSA) is 19.1 Å². The third-order valence-electron chi connectivity index (χ3n) is 4.49. The molecule has 3 heteroatoms. The van der Waals surface area contributed by atoms with Crippen molar-refractivity contribution >= 4 is 12.4 Å². The zero-order valence-corrected chi connectivity index (χ0v) is 15.0. The van der Waals surface area contributed by atoms with E-state index >= 15 is 0 Å². The van der Waals surface area contributed by atoms with Crippen LogP contribution in [0.25, 0.3) is 34.9 Å². The molecule has 0 amide bonds. The summed E-state index contributed by atoms with van der Waals surface area (Å²) in [5, 5.41) is 0. The molecule has 0 spiro atoms. The van der Waals surface area contributed by atoms with Gasteiger partial charge in [-0.25, -0.2) is 0 Å². The Bertz CT molecular complexity index is 979. The molecule has 0 aliphatic carbocycles. The van der Waals surface area contributed by atoms with E-state index in [1.807, 2.05) is 57.9 Å². The SMILES string of the molecule is C=Cn1cccc1-c1ccc(Oc2ccc(-c3cccn3C=C)cc2)cc1. The predicted molar refractivity (Wildman–Crippen MR) is 113 cm³/mol. The van der Waals surface area contributed by atoms with Crippen molar-refractivity contribution in [2.45, 2.75) is 0 Å². The Balaban J connectivity index is 1.51. The average Bonchev–Trinajstić information content (AvgIpc) is 3.38. The molecular weight excluding hydrogens is 332 g/mol. The summed E-state index contributed by atoms with van der Waals surface area (Å²) in [6, 6.07) is 24.3. The van der Waals surface area contributed by atoms with Crippen LogP contribution in [0.4, 0.5) is 0 Å². The van der Waals surface area contributed by atoms with Crippen molar-refractivity contribution in [3.05, 3.63) is 98.3 Å². The van der Waals surface area contributed by atoms with Gasteiger partial charge in [0.15, 0.2) is 0 Å².